The van der Waals surface area contributed by atoms with Crippen molar-refractivity contribution in [1.29, 1.82) is 0 Å². The lowest BCUT2D eigenvalue weighted by Crippen LogP contribution is -2.42. The molecule has 1 fully saturated rings. The van der Waals surface area contributed by atoms with E-state index in [1.54, 1.807) is 12.1 Å². The lowest BCUT2D eigenvalue weighted by Gasteiger charge is -2.31. The van der Waals surface area contributed by atoms with Gasteiger partial charge in [0, 0.05) is 23.0 Å². The molecule has 0 spiro atoms. The van der Waals surface area contributed by atoms with E-state index in [2.05, 4.69) is 12.2 Å². The molecule has 1 aromatic carbocycles. The molecule has 2 bridgehead atoms. The molecule has 3 rings (SSSR count). The molecular weight excluding hydrogens is 277 g/mol. The largest absolute Gasteiger partial charge is 0.333 e. The molecule has 1 amide bonds. The molecule has 2 aliphatic rings. The summed E-state index contributed by atoms with van der Waals surface area (Å²) in [6.07, 6.45) is 8.04. The average molecular weight is 294 g/mol. The normalized spacial score (nSPS) is 24.2. The lowest BCUT2D eigenvalue weighted by atomic mass is 10.1. The number of halogens is 2. The van der Waals surface area contributed by atoms with Crippen molar-refractivity contribution in [3.8, 4) is 0 Å². The topological polar surface area (TPSA) is 20.3 Å². The molecule has 0 N–H and O–H groups in total. The molecule has 2 aliphatic heterocycles. The number of nitrogens with zero attached hydrogens (tertiary/aromatic N) is 1. The van der Waals surface area contributed by atoms with Crippen molar-refractivity contribution in [2.45, 2.75) is 44.2 Å². The van der Waals surface area contributed by atoms with Crippen molar-refractivity contribution in [2.24, 2.45) is 0 Å². The van der Waals surface area contributed by atoms with Crippen molar-refractivity contribution >= 4 is 17.5 Å². The molecule has 20 heavy (non-hydrogen) atoms. The molecule has 0 saturated carbocycles. The van der Waals surface area contributed by atoms with E-state index >= 15 is 0 Å². The first-order valence-electron chi connectivity index (χ1n) is 7.07. The van der Waals surface area contributed by atoms with Gasteiger partial charge in [-0.3, -0.25) is 4.79 Å². The van der Waals surface area contributed by atoms with E-state index in [0.29, 0.717) is 29.5 Å². The van der Waals surface area contributed by atoms with Gasteiger partial charge in [0.1, 0.15) is 5.82 Å². The van der Waals surface area contributed by atoms with Gasteiger partial charge in [0.2, 0.25) is 5.91 Å². The van der Waals surface area contributed by atoms with Gasteiger partial charge in [-0.15, -0.1) is 0 Å². The lowest BCUT2D eigenvalue weighted by molar-refractivity contribution is -0.133. The Morgan fingerprint density at radius 1 is 1.40 bits per heavy atom. The summed E-state index contributed by atoms with van der Waals surface area (Å²) in [5.41, 5.74) is 0.447. The predicted octanol–water partition coefficient (Wildman–Crippen LogP) is 3.73. The van der Waals surface area contributed by atoms with E-state index in [1.165, 1.54) is 6.07 Å². The summed E-state index contributed by atoms with van der Waals surface area (Å²) in [4.78, 5) is 14.4. The third kappa shape index (κ3) is 2.47. The fraction of sp³-hybridized carbons (Fsp3) is 0.438. The number of carbonyl (C=O) groups excluding carboxylic acids is 1. The maximum absolute atomic E-state index is 13.7. The zero-order valence-corrected chi connectivity index (χ0v) is 11.9. The van der Waals surface area contributed by atoms with Gasteiger partial charge >= 0.3 is 0 Å². The first-order valence-corrected chi connectivity index (χ1v) is 7.45. The van der Waals surface area contributed by atoms with Crippen molar-refractivity contribution < 1.29 is 9.18 Å². The first kappa shape index (κ1) is 13.6. The van der Waals surface area contributed by atoms with Gasteiger partial charge in [-0.2, -0.15) is 0 Å². The van der Waals surface area contributed by atoms with Gasteiger partial charge in [0.05, 0.1) is 6.04 Å². The first-order chi connectivity index (χ1) is 9.66. The number of amides is 1. The smallest absolute Gasteiger partial charge is 0.223 e. The highest BCUT2D eigenvalue weighted by Gasteiger charge is 2.36. The number of fused-ring (bicyclic) bond motifs is 2. The van der Waals surface area contributed by atoms with Gasteiger partial charge < -0.3 is 4.90 Å². The maximum atomic E-state index is 13.7. The predicted molar refractivity (Wildman–Crippen MR) is 77.1 cm³/mol. The van der Waals surface area contributed by atoms with Crippen LogP contribution in [0.1, 0.15) is 31.2 Å². The van der Waals surface area contributed by atoms with E-state index in [0.717, 1.165) is 19.3 Å². The summed E-state index contributed by atoms with van der Waals surface area (Å²) in [6.45, 7) is 0. The molecule has 1 aromatic rings. The summed E-state index contributed by atoms with van der Waals surface area (Å²) in [5.74, 6) is -0.215. The summed E-state index contributed by atoms with van der Waals surface area (Å²) in [7, 11) is 0. The Balaban J connectivity index is 1.67. The van der Waals surface area contributed by atoms with E-state index < -0.39 is 0 Å². The minimum atomic E-state index is -0.327. The third-order valence-electron chi connectivity index (χ3n) is 4.25. The van der Waals surface area contributed by atoms with Crippen LogP contribution in [0.5, 0.6) is 0 Å². The van der Waals surface area contributed by atoms with Crippen LogP contribution in [-0.4, -0.2) is 22.9 Å². The maximum Gasteiger partial charge on any atom is 0.223 e. The number of benzene rings is 1. The van der Waals surface area contributed by atoms with Crippen LogP contribution < -0.4 is 0 Å². The van der Waals surface area contributed by atoms with Crippen LogP contribution in [0, 0.1) is 5.82 Å². The van der Waals surface area contributed by atoms with Gasteiger partial charge in [-0.25, -0.2) is 4.39 Å². The van der Waals surface area contributed by atoms with Gasteiger partial charge in [0.25, 0.3) is 0 Å². The Kier molecular flexibility index (Phi) is 3.79. The van der Waals surface area contributed by atoms with Crippen LogP contribution in [0.2, 0.25) is 5.02 Å². The molecule has 1 saturated heterocycles. The van der Waals surface area contributed by atoms with Crippen molar-refractivity contribution in [3.63, 3.8) is 0 Å². The quantitative estimate of drug-likeness (QED) is 0.778. The highest BCUT2D eigenvalue weighted by molar-refractivity contribution is 6.31. The minimum Gasteiger partial charge on any atom is -0.333 e. The Bertz CT molecular complexity index is 537. The van der Waals surface area contributed by atoms with E-state index in [9.17, 15) is 9.18 Å². The van der Waals surface area contributed by atoms with Crippen LogP contribution in [0.3, 0.4) is 0 Å². The van der Waals surface area contributed by atoms with Crippen LogP contribution in [0.15, 0.2) is 30.4 Å². The molecule has 0 aliphatic carbocycles. The number of hydrogen-bond acceptors (Lipinski definition) is 1. The standard InChI is InChI=1S/C16H17ClFNO/c17-14-5-2-6-15(18)13(14)9-10-16(20)19-11-3-1-4-12(19)8-7-11/h1-3,5-6,11-12H,4,7-10H2/t11-,12-/m0/s1. The Morgan fingerprint density at radius 3 is 3.00 bits per heavy atom. The molecule has 0 aromatic heterocycles. The Morgan fingerprint density at radius 2 is 2.25 bits per heavy atom. The average Bonchev–Trinajstić information content (AvgIpc) is 2.68. The number of carbonyl (C=O) groups is 1. The van der Waals surface area contributed by atoms with Crippen molar-refractivity contribution in [2.75, 3.05) is 0 Å². The van der Waals surface area contributed by atoms with Crippen molar-refractivity contribution in [3.05, 3.63) is 46.8 Å². The molecule has 0 radical (unpaired) electrons. The Hall–Kier alpha value is -1.35. The molecule has 2 nitrogen and oxygen atoms in total. The molecule has 4 heteroatoms. The molecule has 2 heterocycles. The van der Waals surface area contributed by atoms with Gasteiger partial charge in [-0.05, 0) is 37.8 Å². The van der Waals surface area contributed by atoms with E-state index in [-0.39, 0.29) is 17.8 Å². The highest BCUT2D eigenvalue weighted by atomic mass is 35.5. The molecule has 106 valence electrons. The summed E-state index contributed by atoms with van der Waals surface area (Å²) < 4.78 is 13.7. The second-order valence-electron chi connectivity index (χ2n) is 5.46. The van der Waals surface area contributed by atoms with Crippen LogP contribution >= 0.6 is 11.6 Å². The summed E-state index contributed by atoms with van der Waals surface area (Å²) >= 11 is 5.99. The fourth-order valence-electron chi connectivity index (χ4n) is 3.25. The number of rotatable bonds is 3. The molecule has 2 atom stereocenters. The molecule has 0 unspecified atom stereocenters. The fourth-order valence-corrected chi connectivity index (χ4v) is 3.50. The van der Waals surface area contributed by atoms with Gasteiger partial charge in [0.15, 0.2) is 0 Å². The van der Waals surface area contributed by atoms with E-state index in [4.69, 9.17) is 11.6 Å². The zero-order valence-electron chi connectivity index (χ0n) is 11.2. The second-order valence-corrected chi connectivity index (χ2v) is 5.87. The van der Waals surface area contributed by atoms with E-state index in [1.807, 2.05) is 4.90 Å². The number of hydrogen-bond donors (Lipinski definition) is 0. The second kappa shape index (κ2) is 5.57. The highest BCUT2D eigenvalue weighted by Crippen LogP contribution is 2.32. The summed E-state index contributed by atoms with van der Waals surface area (Å²) in [5, 5.41) is 0.402. The van der Waals surface area contributed by atoms with Crippen molar-refractivity contribution in [1.82, 2.24) is 4.90 Å². The van der Waals surface area contributed by atoms with Crippen LogP contribution in [0.4, 0.5) is 4.39 Å². The monoisotopic (exact) mass is 293 g/mol. The van der Waals surface area contributed by atoms with Gasteiger partial charge in [-0.1, -0.05) is 29.8 Å². The van der Waals surface area contributed by atoms with Crippen LogP contribution in [0.25, 0.3) is 0 Å². The SMILES string of the molecule is O=C(CCc1c(F)cccc1Cl)N1[C@H]2CC=C[C@H]1CC2. The zero-order chi connectivity index (χ0) is 14.1. The minimum absolute atomic E-state index is 0.112. The third-order valence-corrected chi connectivity index (χ3v) is 4.61. The van der Waals surface area contributed by atoms with Crippen LogP contribution in [-0.2, 0) is 11.2 Å². The Labute approximate surface area is 123 Å². The summed E-state index contributed by atoms with van der Waals surface area (Å²) in [6, 6.07) is 5.22. The molecular formula is C16H17ClFNO.